The van der Waals surface area contributed by atoms with Crippen molar-refractivity contribution in [3.63, 3.8) is 0 Å². The van der Waals surface area contributed by atoms with Gasteiger partial charge in [0.05, 0.1) is 23.8 Å². The lowest BCUT2D eigenvalue weighted by molar-refractivity contribution is -0.278. The maximum Gasteiger partial charge on any atom is 0.340 e. The smallest absolute Gasteiger partial charge is 0.340 e. The van der Waals surface area contributed by atoms with E-state index in [0.29, 0.717) is 0 Å². The molecule has 10 nitrogen and oxygen atoms in total. The van der Waals surface area contributed by atoms with Gasteiger partial charge < -0.3 is 28.8 Å². The molecule has 0 aromatic heterocycles. The molecule has 1 aliphatic heterocycles. The molecule has 4 rings (SSSR count). The fourth-order valence-electron chi connectivity index (χ4n) is 3.77. The molecule has 0 bridgehead atoms. The van der Waals surface area contributed by atoms with Crippen LogP contribution in [0.1, 0.15) is 31.1 Å². The Bertz CT molecular complexity index is 1260. The van der Waals surface area contributed by atoms with Gasteiger partial charge in [-0.3, -0.25) is 0 Å². The number of ether oxygens (including phenoxy) is 5. The van der Waals surface area contributed by atoms with Gasteiger partial charge in [0.15, 0.2) is 12.2 Å². The molecule has 3 aromatic rings. The van der Waals surface area contributed by atoms with Gasteiger partial charge in [-0.2, -0.15) is 0 Å². The highest BCUT2D eigenvalue weighted by Gasteiger charge is 2.54. The average molecular weight is 520 g/mol. The summed E-state index contributed by atoms with van der Waals surface area (Å²) in [6.45, 7) is 0. The highest BCUT2D eigenvalue weighted by Crippen LogP contribution is 2.30. The van der Waals surface area contributed by atoms with Gasteiger partial charge in [-0.15, -0.1) is 0 Å². The van der Waals surface area contributed by atoms with E-state index < -0.39 is 54.6 Å². The van der Waals surface area contributed by atoms with Crippen molar-refractivity contribution >= 4 is 23.9 Å². The number of hydrogen-bond acceptors (Lipinski definition) is 10. The Hall–Kier alpha value is -4.54. The summed E-state index contributed by atoms with van der Waals surface area (Å²) in [6.07, 6.45) is -8.65. The molecule has 1 N–H and O–H groups in total. The standard InChI is InChI=1S/C28H24O10/c1-34-27(33)22-20(29)21(35-24(30)17-11-5-2-6-12-17)23(36-25(31)18-13-7-3-8-14-18)28(37-22)38-26(32)19-15-9-4-10-16-19/h2-16,20-23,28-29H,1H3/t20-,21-,22-,23+,28?/m0/s1. The molecule has 1 aliphatic rings. The minimum absolute atomic E-state index is 0.131. The number of methoxy groups -OCH3 is 1. The molecule has 1 saturated heterocycles. The Balaban J connectivity index is 1.70. The number of esters is 4. The second kappa shape index (κ2) is 12.1. The number of aliphatic hydroxyl groups is 1. The largest absolute Gasteiger partial charge is 0.467 e. The van der Waals surface area contributed by atoms with Crippen LogP contribution in [0.2, 0.25) is 0 Å². The van der Waals surface area contributed by atoms with E-state index in [1.165, 1.54) is 36.4 Å². The van der Waals surface area contributed by atoms with Crippen molar-refractivity contribution in [2.24, 2.45) is 0 Å². The normalized spacial score (nSPS) is 22.5. The summed E-state index contributed by atoms with van der Waals surface area (Å²) in [7, 11) is 1.07. The highest BCUT2D eigenvalue weighted by atomic mass is 16.7. The van der Waals surface area contributed by atoms with E-state index in [1.54, 1.807) is 54.6 Å². The Kier molecular flexibility index (Phi) is 8.47. The van der Waals surface area contributed by atoms with E-state index in [2.05, 4.69) is 0 Å². The molecule has 10 heteroatoms. The molecule has 0 amide bonds. The minimum Gasteiger partial charge on any atom is -0.467 e. The molecule has 0 aliphatic carbocycles. The van der Waals surface area contributed by atoms with Crippen molar-refractivity contribution in [1.29, 1.82) is 0 Å². The fraction of sp³-hybridized carbons (Fsp3) is 0.214. The number of carbonyl (C=O) groups is 4. The second-order valence-electron chi connectivity index (χ2n) is 8.18. The Labute approximate surface area is 217 Å². The van der Waals surface area contributed by atoms with Crippen molar-refractivity contribution in [3.8, 4) is 0 Å². The molecule has 5 atom stereocenters. The maximum absolute atomic E-state index is 13.0. The van der Waals surface area contributed by atoms with Crippen LogP contribution < -0.4 is 0 Å². The summed E-state index contributed by atoms with van der Waals surface area (Å²) in [5, 5.41) is 11.0. The van der Waals surface area contributed by atoms with Crippen LogP contribution in [-0.2, 0) is 28.5 Å². The van der Waals surface area contributed by atoms with Crippen LogP contribution in [0, 0.1) is 0 Å². The molecule has 0 radical (unpaired) electrons. The minimum atomic E-state index is -1.84. The molecule has 38 heavy (non-hydrogen) atoms. The van der Waals surface area contributed by atoms with Crippen LogP contribution in [0.15, 0.2) is 91.0 Å². The van der Waals surface area contributed by atoms with Gasteiger partial charge >= 0.3 is 23.9 Å². The lowest BCUT2D eigenvalue weighted by Gasteiger charge is -2.41. The lowest BCUT2D eigenvalue weighted by atomic mass is 9.98. The Morgan fingerprint density at radius 1 is 0.632 bits per heavy atom. The van der Waals surface area contributed by atoms with E-state index in [1.807, 2.05) is 0 Å². The maximum atomic E-state index is 13.0. The van der Waals surface area contributed by atoms with Crippen molar-refractivity contribution in [3.05, 3.63) is 108 Å². The topological polar surface area (TPSA) is 135 Å². The molecule has 0 spiro atoms. The quantitative estimate of drug-likeness (QED) is 0.366. The van der Waals surface area contributed by atoms with Gasteiger partial charge in [0, 0.05) is 0 Å². The average Bonchev–Trinajstić information content (AvgIpc) is 2.96. The monoisotopic (exact) mass is 520 g/mol. The van der Waals surface area contributed by atoms with Crippen molar-refractivity contribution in [1.82, 2.24) is 0 Å². The zero-order chi connectivity index (χ0) is 27.1. The molecular weight excluding hydrogens is 496 g/mol. The zero-order valence-electron chi connectivity index (χ0n) is 20.2. The number of rotatable bonds is 7. The van der Waals surface area contributed by atoms with Gasteiger partial charge in [-0.25, -0.2) is 19.2 Å². The summed E-state index contributed by atoms with van der Waals surface area (Å²) < 4.78 is 26.9. The third-order valence-electron chi connectivity index (χ3n) is 5.69. The predicted molar refractivity (Wildman–Crippen MR) is 130 cm³/mol. The summed E-state index contributed by atoms with van der Waals surface area (Å²) in [6, 6.07) is 23.6. The third-order valence-corrected chi connectivity index (χ3v) is 5.69. The van der Waals surface area contributed by atoms with Crippen molar-refractivity contribution in [2.75, 3.05) is 7.11 Å². The third kappa shape index (κ3) is 6.05. The van der Waals surface area contributed by atoms with Crippen LogP contribution in [0.4, 0.5) is 0 Å². The van der Waals surface area contributed by atoms with E-state index >= 15 is 0 Å². The Morgan fingerprint density at radius 3 is 1.45 bits per heavy atom. The molecule has 1 heterocycles. The fourth-order valence-corrected chi connectivity index (χ4v) is 3.77. The first-order valence-corrected chi connectivity index (χ1v) is 11.6. The van der Waals surface area contributed by atoms with Gasteiger partial charge in [0.2, 0.25) is 12.4 Å². The van der Waals surface area contributed by atoms with Gasteiger partial charge in [0.1, 0.15) is 6.10 Å². The van der Waals surface area contributed by atoms with Gasteiger partial charge in [-0.05, 0) is 36.4 Å². The molecule has 196 valence electrons. The zero-order valence-corrected chi connectivity index (χ0v) is 20.2. The molecule has 0 saturated carbocycles. The lowest BCUT2D eigenvalue weighted by Crippen LogP contribution is -2.63. The van der Waals surface area contributed by atoms with Crippen molar-refractivity contribution in [2.45, 2.75) is 30.7 Å². The van der Waals surface area contributed by atoms with Gasteiger partial charge in [0.25, 0.3) is 0 Å². The van der Waals surface area contributed by atoms with Crippen LogP contribution >= 0.6 is 0 Å². The summed E-state index contributed by atoms with van der Waals surface area (Å²) >= 11 is 0. The van der Waals surface area contributed by atoms with E-state index in [0.717, 1.165) is 7.11 Å². The van der Waals surface area contributed by atoms with E-state index in [-0.39, 0.29) is 16.7 Å². The molecular formula is C28H24O10. The molecule has 3 aromatic carbocycles. The van der Waals surface area contributed by atoms with Crippen LogP contribution in [0.25, 0.3) is 0 Å². The molecule has 1 fully saturated rings. The van der Waals surface area contributed by atoms with E-state index in [4.69, 9.17) is 23.7 Å². The second-order valence-corrected chi connectivity index (χ2v) is 8.18. The number of benzene rings is 3. The number of aliphatic hydroxyl groups excluding tert-OH is 1. The van der Waals surface area contributed by atoms with Crippen LogP contribution in [0.3, 0.4) is 0 Å². The first kappa shape index (κ1) is 26.5. The number of hydrogen-bond donors (Lipinski definition) is 1. The Morgan fingerprint density at radius 2 is 1.03 bits per heavy atom. The predicted octanol–water partition coefficient (Wildman–Crippen LogP) is 2.55. The molecule has 1 unspecified atom stereocenters. The SMILES string of the molecule is COC(=O)[C@H]1OC(OC(=O)c2ccccc2)[C@H](OC(=O)c2ccccc2)[C@@H](OC(=O)c2ccccc2)[C@@H]1O. The van der Waals surface area contributed by atoms with Gasteiger partial charge in [-0.1, -0.05) is 54.6 Å². The first-order valence-electron chi connectivity index (χ1n) is 11.6. The summed E-state index contributed by atoms with van der Waals surface area (Å²) in [4.78, 5) is 51.2. The highest BCUT2D eigenvalue weighted by molar-refractivity contribution is 5.91. The summed E-state index contributed by atoms with van der Waals surface area (Å²) in [5.41, 5.74) is 0.410. The van der Waals surface area contributed by atoms with E-state index in [9.17, 15) is 24.3 Å². The van der Waals surface area contributed by atoms with Crippen LogP contribution in [0.5, 0.6) is 0 Å². The summed E-state index contributed by atoms with van der Waals surface area (Å²) in [5.74, 6) is -3.64. The van der Waals surface area contributed by atoms with Crippen molar-refractivity contribution < 1.29 is 48.0 Å². The van der Waals surface area contributed by atoms with Crippen LogP contribution in [-0.4, -0.2) is 66.8 Å². The first-order chi connectivity index (χ1) is 18.4. The number of carbonyl (C=O) groups excluding carboxylic acids is 4.